The third-order valence-electron chi connectivity index (χ3n) is 3.95. The van der Waals surface area contributed by atoms with Crippen LogP contribution >= 0.6 is 23.2 Å². The van der Waals surface area contributed by atoms with E-state index in [0.29, 0.717) is 28.9 Å². The number of aromatic nitrogens is 2. The summed E-state index contributed by atoms with van der Waals surface area (Å²) >= 11 is 11.9. The molecule has 1 amide bonds. The average Bonchev–Trinajstić information content (AvgIpc) is 3.13. The molecule has 1 aromatic heterocycles. The summed E-state index contributed by atoms with van der Waals surface area (Å²) in [6.45, 7) is 2.67. The first-order chi connectivity index (χ1) is 13.0. The van der Waals surface area contributed by atoms with Gasteiger partial charge in [0.1, 0.15) is 5.75 Å². The van der Waals surface area contributed by atoms with Crippen LogP contribution in [0.3, 0.4) is 0 Å². The molecule has 0 saturated carbocycles. The quantitative estimate of drug-likeness (QED) is 0.634. The van der Waals surface area contributed by atoms with E-state index in [1.165, 1.54) is 0 Å². The number of amides is 1. The van der Waals surface area contributed by atoms with E-state index >= 15 is 0 Å². The Morgan fingerprint density at radius 2 is 1.96 bits per heavy atom. The van der Waals surface area contributed by atoms with E-state index in [2.05, 4.69) is 10.4 Å². The molecule has 3 rings (SSSR count). The number of nitrogens with zero attached hydrogens (tertiary/aromatic N) is 2. The fraction of sp³-hybridized carbons (Fsp3) is 0.200. The smallest absolute Gasteiger partial charge is 0.260 e. The highest BCUT2D eigenvalue weighted by Crippen LogP contribution is 2.28. The number of carbonyl (C=O) groups is 1. The summed E-state index contributed by atoms with van der Waals surface area (Å²) in [5, 5.41) is 8.04. The highest BCUT2D eigenvalue weighted by atomic mass is 35.5. The topological polar surface area (TPSA) is 56.1 Å². The van der Waals surface area contributed by atoms with E-state index < -0.39 is 6.10 Å². The molecular weight excluding hydrogens is 385 g/mol. The number of carbonyl (C=O) groups excluding carboxylic acids is 1. The first kappa shape index (κ1) is 19.3. The van der Waals surface area contributed by atoms with Gasteiger partial charge >= 0.3 is 0 Å². The van der Waals surface area contributed by atoms with Gasteiger partial charge in [0.05, 0.1) is 17.8 Å². The molecule has 1 heterocycles. The second-order valence-corrected chi connectivity index (χ2v) is 6.83. The highest BCUT2D eigenvalue weighted by molar-refractivity contribution is 6.35. The van der Waals surface area contributed by atoms with Gasteiger partial charge in [0.2, 0.25) is 0 Å². The molecule has 27 heavy (non-hydrogen) atoms. The molecule has 1 atom stereocenters. The summed E-state index contributed by atoms with van der Waals surface area (Å²) < 4.78 is 7.40. The SMILES string of the molecule is C[C@@H](Oc1ccc(Cl)cc1Cl)C(=O)NCCn1cc(-c2ccccc2)cn1. The number of hydrogen-bond acceptors (Lipinski definition) is 3. The molecule has 1 N–H and O–H groups in total. The van der Waals surface area contributed by atoms with Gasteiger partial charge in [-0.15, -0.1) is 0 Å². The van der Waals surface area contributed by atoms with Gasteiger partial charge in [-0.3, -0.25) is 9.48 Å². The van der Waals surface area contributed by atoms with Crippen LogP contribution in [0.25, 0.3) is 11.1 Å². The molecule has 2 aromatic carbocycles. The second-order valence-electron chi connectivity index (χ2n) is 5.98. The number of rotatable bonds is 7. The molecule has 0 radical (unpaired) electrons. The van der Waals surface area contributed by atoms with Crippen molar-refractivity contribution in [2.24, 2.45) is 0 Å². The zero-order chi connectivity index (χ0) is 19.2. The molecule has 0 aliphatic heterocycles. The first-order valence-electron chi connectivity index (χ1n) is 8.50. The van der Waals surface area contributed by atoms with Crippen molar-refractivity contribution < 1.29 is 9.53 Å². The molecule has 0 saturated heterocycles. The lowest BCUT2D eigenvalue weighted by Gasteiger charge is -2.15. The van der Waals surface area contributed by atoms with Crippen LogP contribution in [0.2, 0.25) is 10.0 Å². The van der Waals surface area contributed by atoms with Crippen molar-refractivity contribution in [3.05, 3.63) is 71.0 Å². The Morgan fingerprint density at radius 3 is 2.70 bits per heavy atom. The second kappa shape index (κ2) is 8.93. The third kappa shape index (κ3) is 5.25. The van der Waals surface area contributed by atoms with Gasteiger partial charge in [-0.25, -0.2) is 0 Å². The van der Waals surface area contributed by atoms with Crippen molar-refractivity contribution in [1.29, 1.82) is 0 Å². The average molecular weight is 404 g/mol. The molecule has 7 heteroatoms. The monoisotopic (exact) mass is 403 g/mol. The molecule has 0 fully saturated rings. The maximum absolute atomic E-state index is 12.2. The Bertz CT molecular complexity index is 913. The number of hydrogen-bond donors (Lipinski definition) is 1. The lowest BCUT2D eigenvalue weighted by atomic mass is 10.1. The van der Waals surface area contributed by atoms with Gasteiger partial charge in [0.25, 0.3) is 5.91 Å². The van der Waals surface area contributed by atoms with E-state index in [0.717, 1.165) is 11.1 Å². The molecular formula is C20H19Cl2N3O2. The number of halogens is 2. The predicted molar refractivity (Wildman–Crippen MR) is 107 cm³/mol. The Morgan fingerprint density at radius 1 is 1.19 bits per heavy atom. The molecule has 3 aromatic rings. The van der Waals surface area contributed by atoms with Gasteiger partial charge in [-0.05, 0) is 30.7 Å². The van der Waals surface area contributed by atoms with Gasteiger partial charge in [-0.1, -0.05) is 53.5 Å². The lowest BCUT2D eigenvalue weighted by Crippen LogP contribution is -2.38. The normalized spacial score (nSPS) is 11.8. The Balaban J connectivity index is 1.48. The van der Waals surface area contributed by atoms with E-state index in [4.69, 9.17) is 27.9 Å². The van der Waals surface area contributed by atoms with Crippen molar-refractivity contribution in [3.63, 3.8) is 0 Å². The first-order valence-corrected chi connectivity index (χ1v) is 9.26. The van der Waals surface area contributed by atoms with Gasteiger partial charge in [0, 0.05) is 23.3 Å². The summed E-state index contributed by atoms with van der Waals surface area (Å²) in [7, 11) is 0. The van der Waals surface area contributed by atoms with Crippen LogP contribution in [0.5, 0.6) is 5.75 Å². The number of benzene rings is 2. The van der Waals surface area contributed by atoms with Crippen molar-refractivity contribution in [2.45, 2.75) is 19.6 Å². The Labute approximate surface area is 167 Å². The minimum atomic E-state index is -0.679. The molecule has 0 aliphatic rings. The zero-order valence-corrected chi connectivity index (χ0v) is 16.2. The van der Waals surface area contributed by atoms with E-state index in [9.17, 15) is 4.79 Å². The zero-order valence-electron chi connectivity index (χ0n) is 14.7. The lowest BCUT2D eigenvalue weighted by molar-refractivity contribution is -0.127. The van der Waals surface area contributed by atoms with E-state index in [-0.39, 0.29) is 5.91 Å². The third-order valence-corrected chi connectivity index (χ3v) is 4.48. The van der Waals surface area contributed by atoms with Gasteiger partial charge < -0.3 is 10.1 Å². The molecule has 0 bridgehead atoms. The number of nitrogens with one attached hydrogen (secondary N) is 1. The minimum Gasteiger partial charge on any atom is -0.479 e. The molecule has 0 spiro atoms. The van der Waals surface area contributed by atoms with Gasteiger partial charge in [0.15, 0.2) is 6.10 Å². The Hall–Kier alpha value is -2.50. The van der Waals surface area contributed by atoms with Crippen molar-refractivity contribution in [1.82, 2.24) is 15.1 Å². The van der Waals surface area contributed by atoms with E-state index in [1.54, 1.807) is 29.8 Å². The van der Waals surface area contributed by atoms with Gasteiger partial charge in [-0.2, -0.15) is 5.10 Å². The summed E-state index contributed by atoms with van der Waals surface area (Å²) in [6.07, 6.45) is 3.08. The molecule has 0 aliphatic carbocycles. The molecule has 5 nitrogen and oxygen atoms in total. The van der Waals surface area contributed by atoms with Crippen LogP contribution in [-0.2, 0) is 11.3 Å². The summed E-state index contributed by atoms with van der Waals surface area (Å²) in [5.74, 6) is 0.194. The summed E-state index contributed by atoms with van der Waals surface area (Å²) in [4.78, 5) is 12.2. The minimum absolute atomic E-state index is 0.226. The number of ether oxygens (including phenoxy) is 1. The maximum atomic E-state index is 12.2. The van der Waals surface area contributed by atoms with Crippen LogP contribution in [-0.4, -0.2) is 28.3 Å². The fourth-order valence-corrected chi connectivity index (χ4v) is 2.97. The maximum Gasteiger partial charge on any atom is 0.260 e. The predicted octanol–water partition coefficient (Wildman–Crippen LogP) is 4.44. The summed E-state index contributed by atoms with van der Waals surface area (Å²) in [5.41, 5.74) is 2.14. The largest absolute Gasteiger partial charge is 0.479 e. The molecule has 140 valence electrons. The van der Waals surface area contributed by atoms with E-state index in [1.807, 2.05) is 42.7 Å². The van der Waals surface area contributed by atoms with Crippen LogP contribution in [0.4, 0.5) is 0 Å². The highest BCUT2D eigenvalue weighted by Gasteiger charge is 2.16. The standard InChI is InChI=1S/C20H19Cl2N3O2/c1-14(27-19-8-7-17(21)11-18(19)22)20(26)23-9-10-25-13-16(12-24-25)15-5-3-2-4-6-15/h2-8,11-14H,9-10H2,1H3,(H,23,26)/t14-/m1/s1. The van der Waals surface area contributed by atoms with Crippen LogP contribution < -0.4 is 10.1 Å². The fourth-order valence-electron chi connectivity index (χ4n) is 2.52. The van der Waals surface area contributed by atoms with Crippen LogP contribution in [0.15, 0.2) is 60.9 Å². The molecule has 0 unspecified atom stereocenters. The van der Waals surface area contributed by atoms with Crippen molar-refractivity contribution >= 4 is 29.1 Å². The van der Waals surface area contributed by atoms with Crippen molar-refractivity contribution in [2.75, 3.05) is 6.54 Å². The Kier molecular flexibility index (Phi) is 6.37. The van der Waals surface area contributed by atoms with Crippen molar-refractivity contribution in [3.8, 4) is 16.9 Å². The van der Waals surface area contributed by atoms with Crippen LogP contribution in [0, 0.1) is 0 Å². The van der Waals surface area contributed by atoms with Crippen LogP contribution in [0.1, 0.15) is 6.92 Å². The summed E-state index contributed by atoms with van der Waals surface area (Å²) in [6, 6.07) is 14.9.